The molecule has 174 valence electrons. The van der Waals surface area contributed by atoms with Crippen molar-refractivity contribution in [1.82, 2.24) is 9.80 Å². The molecule has 2 aromatic rings. The SMILES string of the molecule is COc1cccc([C@@H]2C(=C(O)c3ccc4c(c3)OCO4)C(=O)C(=O)N2CCN(C)C)c1OC. The minimum Gasteiger partial charge on any atom is -0.507 e. The molecule has 0 saturated carbocycles. The molecule has 33 heavy (non-hydrogen) atoms. The van der Waals surface area contributed by atoms with Crippen molar-refractivity contribution in [3.05, 3.63) is 53.1 Å². The molecule has 0 spiro atoms. The van der Waals surface area contributed by atoms with E-state index in [1.54, 1.807) is 36.4 Å². The fraction of sp³-hybridized carbons (Fsp3) is 0.333. The number of ketones is 1. The van der Waals surface area contributed by atoms with Crippen LogP contribution in [-0.2, 0) is 9.59 Å². The Kier molecular flexibility index (Phi) is 6.15. The number of aliphatic hydroxyl groups excluding tert-OH is 1. The molecule has 1 atom stereocenters. The Labute approximate surface area is 191 Å². The summed E-state index contributed by atoms with van der Waals surface area (Å²) in [4.78, 5) is 29.7. The van der Waals surface area contributed by atoms with Crippen LogP contribution < -0.4 is 18.9 Å². The van der Waals surface area contributed by atoms with Gasteiger partial charge in [0.15, 0.2) is 23.0 Å². The third-order valence-electron chi connectivity index (χ3n) is 5.70. The van der Waals surface area contributed by atoms with Crippen molar-refractivity contribution in [3.8, 4) is 23.0 Å². The standard InChI is InChI=1S/C24H26N2O7/c1-25(2)10-11-26-20(15-6-5-7-17(30-3)23(15)31-4)19(22(28)24(26)29)21(27)14-8-9-16-18(12-14)33-13-32-16/h5-9,12,20,27H,10-11,13H2,1-4H3/t20-/m1/s1. The lowest BCUT2D eigenvalue weighted by atomic mass is 9.94. The topological polar surface area (TPSA) is 97.8 Å². The van der Waals surface area contributed by atoms with Gasteiger partial charge in [0.2, 0.25) is 6.79 Å². The van der Waals surface area contributed by atoms with E-state index in [1.807, 2.05) is 19.0 Å². The van der Waals surface area contributed by atoms with Crippen molar-refractivity contribution < 1.29 is 33.6 Å². The molecule has 2 heterocycles. The zero-order valence-corrected chi connectivity index (χ0v) is 19.0. The van der Waals surface area contributed by atoms with E-state index >= 15 is 0 Å². The van der Waals surface area contributed by atoms with Gasteiger partial charge in [0, 0.05) is 24.2 Å². The zero-order chi connectivity index (χ0) is 23.7. The summed E-state index contributed by atoms with van der Waals surface area (Å²) < 4.78 is 21.8. The number of fused-ring (bicyclic) bond motifs is 1. The number of likely N-dealkylation sites (tertiary alicyclic amines) is 1. The predicted octanol–water partition coefficient (Wildman–Crippen LogP) is 2.42. The number of hydrogen-bond acceptors (Lipinski definition) is 8. The molecule has 0 bridgehead atoms. The molecule has 1 amide bonds. The van der Waals surface area contributed by atoms with Crippen LogP contribution in [0, 0.1) is 0 Å². The summed E-state index contributed by atoms with van der Waals surface area (Å²) in [6.07, 6.45) is 0. The van der Waals surface area contributed by atoms with E-state index in [0.717, 1.165) is 0 Å². The van der Waals surface area contributed by atoms with Gasteiger partial charge in [0.25, 0.3) is 11.7 Å². The third-order valence-corrected chi connectivity index (χ3v) is 5.70. The van der Waals surface area contributed by atoms with Crippen LogP contribution in [0.4, 0.5) is 0 Å². The molecule has 9 heteroatoms. The molecule has 1 saturated heterocycles. The van der Waals surface area contributed by atoms with E-state index in [-0.39, 0.29) is 24.7 Å². The predicted molar refractivity (Wildman–Crippen MR) is 120 cm³/mol. The summed E-state index contributed by atoms with van der Waals surface area (Å²) in [6, 6.07) is 9.24. The van der Waals surface area contributed by atoms with Crippen LogP contribution in [-0.4, -0.2) is 74.8 Å². The highest BCUT2D eigenvalue weighted by Crippen LogP contribution is 2.46. The average molecular weight is 454 g/mol. The summed E-state index contributed by atoms with van der Waals surface area (Å²) in [5.41, 5.74) is 0.859. The number of Topliss-reactive ketones (excluding diaryl/α,β-unsaturated/α-hetero) is 1. The smallest absolute Gasteiger partial charge is 0.295 e. The van der Waals surface area contributed by atoms with Crippen molar-refractivity contribution in [3.63, 3.8) is 0 Å². The summed E-state index contributed by atoms with van der Waals surface area (Å²) >= 11 is 0. The van der Waals surface area contributed by atoms with Gasteiger partial charge in [0.05, 0.1) is 25.8 Å². The molecule has 1 fully saturated rings. The van der Waals surface area contributed by atoms with Gasteiger partial charge in [-0.2, -0.15) is 0 Å². The number of ether oxygens (including phenoxy) is 4. The first-order valence-electron chi connectivity index (χ1n) is 10.4. The maximum absolute atomic E-state index is 13.2. The second-order valence-corrected chi connectivity index (χ2v) is 7.95. The first-order valence-corrected chi connectivity index (χ1v) is 10.4. The van der Waals surface area contributed by atoms with E-state index in [1.165, 1.54) is 19.1 Å². The van der Waals surface area contributed by atoms with Gasteiger partial charge in [-0.3, -0.25) is 9.59 Å². The number of hydrogen-bond donors (Lipinski definition) is 1. The summed E-state index contributed by atoms with van der Waals surface area (Å²) in [5.74, 6) is 0.0942. The molecular formula is C24H26N2O7. The van der Waals surface area contributed by atoms with Crippen LogP contribution in [0.25, 0.3) is 5.76 Å². The maximum Gasteiger partial charge on any atom is 0.295 e. The van der Waals surface area contributed by atoms with Crippen LogP contribution in [0.3, 0.4) is 0 Å². The normalized spacial score (nSPS) is 18.8. The molecule has 0 aliphatic carbocycles. The maximum atomic E-state index is 13.2. The van der Waals surface area contributed by atoms with Crippen molar-refractivity contribution in [2.75, 3.05) is 48.2 Å². The Bertz CT molecular complexity index is 1130. The van der Waals surface area contributed by atoms with E-state index in [0.29, 0.717) is 40.7 Å². The van der Waals surface area contributed by atoms with Gasteiger partial charge in [-0.25, -0.2) is 0 Å². The number of carbonyl (C=O) groups is 2. The minimum absolute atomic E-state index is 0.0239. The Morgan fingerprint density at radius 2 is 1.88 bits per heavy atom. The monoisotopic (exact) mass is 454 g/mol. The summed E-state index contributed by atoms with van der Waals surface area (Å²) in [6.45, 7) is 0.885. The van der Waals surface area contributed by atoms with E-state index in [9.17, 15) is 14.7 Å². The second-order valence-electron chi connectivity index (χ2n) is 7.95. The highest BCUT2D eigenvalue weighted by Gasteiger charge is 2.47. The van der Waals surface area contributed by atoms with Crippen molar-refractivity contribution in [2.45, 2.75) is 6.04 Å². The fourth-order valence-corrected chi connectivity index (χ4v) is 4.07. The third kappa shape index (κ3) is 3.95. The Morgan fingerprint density at radius 3 is 2.58 bits per heavy atom. The number of para-hydroxylation sites is 1. The lowest BCUT2D eigenvalue weighted by Gasteiger charge is -2.28. The van der Waals surface area contributed by atoms with Crippen LogP contribution in [0.15, 0.2) is 42.0 Å². The molecular weight excluding hydrogens is 428 g/mol. The zero-order valence-electron chi connectivity index (χ0n) is 19.0. The Hall–Kier alpha value is -3.72. The lowest BCUT2D eigenvalue weighted by molar-refractivity contribution is -0.140. The number of benzene rings is 2. The molecule has 2 aliphatic rings. The Balaban J connectivity index is 1.90. The van der Waals surface area contributed by atoms with E-state index < -0.39 is 17.7 Å². The van der Waals surface area contributed by atoms with Gasteiger partial charge in [0.1, 0.15) is 5.76 Å². The number of nitrogens with zero attached hydrogens (tertiary/aromatic N) is 2. The van der Waals surface area contributed by atoms with Crippen LogP contribution >= 0.6 is 0 Å². The quantitative estimate of drug-likeness (QED) is 0.387. The number of aliphatic hydroxyl groups is 1. The average Bonchev–Trinajstić information content (AvgIpc) is 3.38. The van der Waals surface area contributed by atoms with Gasteiger partial charge in [-0.1, -0.05) is 12.1 Å². The molecule has 0 unspecified atom stereocenters. The second kappa shape index (κ2) is 9.03. The van der Waals surface area contributed by atoms with Gasteiger partial charge < -0.3 is 33.9 Å². The van der Waals surface area contributed by atoms with Crippen LogP contribution in [0.5, 0.6) is 23.0 Å². The van der Waals surface area contributed by atoms with Gasteiger partial charge in [-0.05, 0) is 38.4 Å². The first kappa shape index (κ1) is 22.5. The fourth-order valence-electron chi connectivity index (χ4n) is 4.07. The largest absolute Gasteiger partial charge is 0.507 e. The molecule has 0 aromatic heterocycles. The number of amides is 1. The van der Waals surface area contributed by atoms with Crippen LogP contribution in [0.1, 0.15) is 17.2 Å². The highest BCUT2D eigenvalue weighted by molar-refractivity contribution is 6.46. The van der Waals surface area contributed by atoms with Gasteiger partial charge in [-0.15, -0.1) is 0 Å². The van der Waals surface area contributed by atoms with Crippen molar-refractivity contribution in [1.29, 1.82) is 0 Å². The number of likely N-dealkylation sites (N-methyl/N-ethyl adjacent to an activating group) is 1. The van der Waals surface area contributed by atoms with E-state index in [2.05, 4.69) is 0 Å². The number of methoxy groups -OCH3 is 2. The molecule has 2 aromatic carbocycles. The summed E-state index contributed by atoms with van der Waals surface area (Å²) in [7, 11) is 6.76. The lowest BCUT2D eigenvalue weighted by Crippen LogP contribution is -2.35. The molecule has 2 aliphatic heterocycles. The Morgan fingerprint density at radius 1 is 1.12 bits per heavy atom. The van der Waals surface area contributed by atoms with Gasteiger partial charge >= 0.3 is 0 Å². The van der Waals surface area contributed by atoms with Crippen molar-refractivity contribution in [2.24, 2.45) is 0 Å². The molecule has 4 rings (SSSR count). The highest BCUT2D eigenvalue weighted by atomic mass is 16.7. The minimum atomic E-state index is -0.861. The van der Waals surface area contributed by atoms with Crippen molar-refractivity contribution >= 4 is 17.4 Å². The number of carbonyl (C=O) groups excluding carboxylic acids is 2. The molecule has 9 nitrogen and oxygen atoms in total. The van der Waals surface area contributed by atoms with Crippen LogP contribution in [0.2, 0.25) is 0 Å². The number of rotatable bonds is 7. The van der Waals surface area contributed by atoms with E-state index in [4.69, 9.17) is 18.9 Å². The summed E-state index contributed by atoms with van der Waals surface area (Å²) in [5, 5.41) is 11.3. The molecule has 0 radical (unpaired) electrons. The first-order chi connectivity index (χ1) is 15.9. The molecule has 1 N–H and O–H groups in total.